The van der Waals surface area contributed by atoms with Gasteiger partial charge < -0.3 is 5.32 Å². The van der Waals surface area contributed by atoms with E-state index in [9.17, 15) is 4.39 Å². The Bertz CT molecular complexity index is 590. The fourth-order valence-electron chi connectivity index (χ4n) is 1.63. The van der Waals surface area contributed by atoms with E-state index in [0.29, 0.717) is 0 Å². The van der Waals surface area contributed by atoms with E-state index >= 15 is 0 Å². The number of aromatic nitrogens is 2. The molecule has 0 bridgehead atoms. The van der Waals surface area contributed by atoms with E-state index in [2.05, 4.69) is 36.6 Å². The van der Waals surface area contributed by atoms with Crippen LogP contribution in [-0.2, 0) is 6.42 Å². The highest BCUT2D eigenvalue weighted by Gasteiger charge is 2.09. The molecule has 0 spiro atoms. The minimum absolute atomic E-state index is 0.0833. The third-order valence-corrected chi connectivity index (χ3v) is 3.07. The van der Waals surface area contributed by atoms with Gasteiger partial charge in [-0.3, -0.25) is 5.43 Å². The van der Waals surface area contributed by atoms with Gasteiger partial charge in [0.2, 0.25) is 5.95 Å². The van der Waals surface area contributed by atoms with Crippen LogP contribution in [0.4, 0.5) is 21.8 Å². The topological polar surface area (TPSA) is 75.9 Å². The first-order valence-electron chi connectivity index (χ1n) is 5.68. The zero-order valence-corrected chi connectivity index (χ0v) is 11.8. The molecular formula is C12H13BrFN5. The van der Waals surface area contributed by atoms with Crippen molar-refractivity contribution in [2.24, 2.45) is 5.84 Å². The lowest BCUT2D eigenvalue weighted by molar-refractivity contribution is 0.619. The summed E-state index contributed by atoms with van der Waals surface area (Å²) < 4.78 is 14.6. The lowest BCUT2D eigenvalue weighted by atomic mass is 10.1. The summed E-state index contributed by atoms with van der Waals surface area (Å²) in [5.41, 5.74) is 4.13. The lowest BCUT2D eigenvalue weighted by Crippen LogP contribution is -2.12. The quantitative estimate of drug-likeness (QED) is 0.595. The maximum Gasteiger partial charge on any atom is 0.239 e. The lowest BCUT2D eigenvalue weighted by Gasteiger charge is -2.12. The molecule has 0 amide bonds. The summed E-state index contributed by atoms with van der Waals surface area (Å²) in [7, 11) is 0. The van der Waals surface area contributed by atoms with E-state index in [0.717, 1.165) is 28.3 Å². The van der Waals surface area contributed by atoms with Crippen LogP contribution in [0.1, 0.15) is 12.5 Å². The molecule has 0 fully saturated rings. The first kappa shape index (κ1) is 13.7. The Morgan fingerprint density at radius 1 is 1.42 bits per heavy atom. The van der Waals surface area contributed by atoms with Crippen LogP contribution in [0.25, 0.3) is 0 Å². The SMILES string of the molecule is CCc1cc(Br)ccc1Nc1nc(NN)ncc1F. The van der Waals surface area contributed by atoms with E-state index in [1.807, 2.05) is 25.1 Å². The molecule has 1 heterocycles. The third kappa shape index (κ3) is 3.18. The van der Waals surface area contributed by atoms with Crippen LogP contribution in [0.15, 0.2) is 28.9 Å². The molecular weight excluding hydrogens is 313 g/mol. The summed E-state index contributed by atoms with van der Waals surface area (Å²) in [6.07, 6.45) is 1.88. The van der Waals surface area contributed by atoms with Gasteiger partial charge in [0.05, 0.1) is 6.20 Å². The van der Waals surface area contributed by atoms with Crippen LogP contribution in [0.2, 0.25) is 0 Å². The molecule has 19 heavy (non-hydrogen) atoms. The first-order chi connectivity index (χ1) is 9.13. The number of benzene rings is 1. The molecule has 7 heteroatoms. The number of nitrogen functional groups attached to an aromatic ring is 1. The van der Waals surface area contributed by atoms with E-state index in [1.165, 1.54) is 0 Å². The summed E-state index contributed by atoms with van der Waals surface area (Å²) in [6, 6.07) is 5.71. The van der Waals surface area contributed by atoms with Crippen molar-refractivity contribution in [3.63, 3.8) is 0 Å². The fourth-order valence-corrected chi connectivity index (χ4v) is 2.04. The number of nitrogens with two attached hydrogens (primary N) is 1. The molecule has 0 saturated heterocycles. The maximum absolute atomic E-state index is 13.6. The number of nitrogens with zero attached hydrogens (tertiary/aromatic N) is 2. The Hall–Kier alpha value is -1.73. The number of anilines is 3. The molecule has 0 saturated carbocycles. The summed E-state index contributed by atoms with van der Waals surface area (Å²) in [5, 5.41) is 2.95. The van der Waals surface area contributed by atoms with Gasteiger partial charge in [-0.05, 0) is 30.2 Å². The normalized spacial score (nSPS) is 10.3. The summed E-state index contributed by atoms with van der Waals surface area (Å²) in [4.78, 5) is 7.62. The number of hydrogen-bond donors (Lipinski definition) is 3. The van der Waals surface area contributed by atoms with Crippen LogP contribution in [-0.4, -0.2) is 9.97 Å². The highest BCUT2D eigenvalue weighted by Crippen LogP contribution is 2.25. The minimum atomic E-state index is -0.538. The number of hydrogen-bond acceptors (Lipinski definition) is 5. The molecule has 0 radical (unpaired) electrons. The van der Waals surface area contributed by atoms with Gasteiger partial charge in [-0.15, -0.1) is 0 Å². The number of halogens is 2. The molecule has 0 aliphatic heterocycles. The standard InChI is InChI=1S/C12H13BrFN5/c1-2-7-5-8(13)3-4-10(7)17-11-9(14)6-16-12(18-11)19-15/h3-6H,2,15H2,1H3,(H2,16,17,18,19). The Morgan fingerprint density at radius 2 is 2.21 bits per heavy atom. The van der Waals surface area contributed by atoms with Gasteiger partial charge >= 0.3 is 0 Å². The summed E-state index contributed by atoms with van der Waals surface area (Å²) in [6.45, 7) is 2.02. The van der Waals surface area contributed by atoms with Gasteiger partial charge in [-0.1, -0.05) is 22.9 Å². The van der Waals surface area contributed by atoms with Crippen LogP contribution in [0.5, 0.6) is 0 Å². The molecule has 5 nitrogen and oxygen atoms in total. The van der Waals surface area contributed by atoms with Crippen molar-refractivity contribution in [1.29, 1.82) is 0 Å². The van der Waals surface area contributed by atoms with Crippen molar-refractivity contribution in [2.75, 3.05) is 10.7 Å². The van der Waals surface area contributed by atoms with Crippen LogP contribution < -0.4 is 16.6 Å². The third-order valence-electron chi connectivity index (χ3n) is 2.57. The second kappa shape index (κ2) is 5.94. The second-order valence-corrected chi connectivity index (χ2v) is 4.73. The number of nitrogens with one attached hydrogen (secondary N) is 2. The molecule has 0 atom stereocenters. The van der Waals surface area contributed by atoms with Gasteiger partial charge in [0.15, 0.2) is 11.6 Å². The molecule has 4 N–H and O–H groups in total. The van der Waals surface area contributed by atoms with E-state index < -0.39 is 5.82 Å². The van der Waals surface area contributed by atoms with Gasteiger partial charge in [0.1, 0.15) is 0 Å². The monoisotopic (exact) mass is 325 g/mol. The zero-order valence-electron chi connectivity index (χ0n) is 10.2. The van der Waals surface area contributed by atoms with Crippen molar-refractivity contribution in [3.05, 3.63) is 40.2 Å². The minimum Gasteiger partial charge on any atom is -0.337 e. The molecule has 100 valence electrons. The highest BCUT2D eigenvalue weighted by molar-refractivity contribution is 9.10. The Kier molecular flexibility index (Phi) is 4.28. The van der Waals surface area contributed by atoms with Gasteiger partial charge in [-0.2, -0.15) is 4.98 Å². The predicted octanol–water partition coefficient (Wildman–Crippen LogP) is 2.97. The van der Waals surface area contributed by atoms with Crippen molar-refractivity contribution in [1.82, 2.24) is 9.97 Å². The highest BCUT2D eigenvalue weighted by atomic mass is 79.9. The number of rotatable bonds is 4. The Balaban J connectivity index is 2.35. The van der Waals surface area contributed by atoms with E-state index in [4.69, 9.17) is 5.84 Å². The maximum atomic E-state index is 13.6. The van der Waals surface area contributed by atoms with Crippen LogP contribution >= 0.6 is 15.9 Å². The molecule has 2 aromatic rings. The molecule has 0 aliphatic rings. The summed E-state index contributed by atoms with van der Waals surface area (Å²) >= 11 is 3.41. The summed E-state index contributed by atoms with van der Waals surface area (Å²) in [5.74, 6) is 4.90. The average molecular weight is 326 g/mol. The molecule has 1 aromatic heterocycles. The zero-order chi connectivity index (χ0) is 13.8. The van der Waals surface area contributed by atoms with Gasteiger partial charge in [-0.25, -0.2) is 15.2 Å². The average Bonchev–Trinajstić information content (AvgIpc) is 2.43. The van der Waals surface area contributed by atoms with Crippen LogP contribution in [0.3, 0.4) is 0 Å². The van der Waals surface area contributed by atoms with Crippen molar-refractivity contribution in [2.45, 2.75) is 13.3 Å². The van der Waals surface area contributed by atoms with Crippen molar-refractivity contribution >= 4 is 33.4 Å². The molecule has 1 aromatic carbocycles. The number of aryl methyl sites for hydroxylation is 1. The molecule has 0 aliphatic carbocycles. The van der Waals surface area contributed by atoms with Gasteiger partial charge in [0.25, 0.3) is 0 Å². The Labute approximate surface area is 118 Å². The van der Waals surface area contributed by atoms with Crippen molar-refractivity contribution in [3.8, 4) is 0 Å². The molecule has 2 rings (SSSR count). The Morgan fingerprint density at radius 3 is 2.89 bits per heavy atom. The largest absolute Gasteiger partial charge is 0.337 e. The van der Waals surface area contributed by atoms with Crippen LogP contribution in [0, 0.1) is 5.82 Å². The number of hydrazine groups is 1. The predicted molar refractivity (Wildman–Crippen MR) is 76.6 cm³/mol. The smallest absolute Gasteiger partial charge is 0.239 e. The second-order valence-electron chi connectivity index (χ2n) is 3.81. The van der Waals surface area contributed by atoms with E-state index in [-0.39, 0.29) is 11.8 Å². The van der Waals surface area contributed by atoms with E-state index in [1.54, 1.807) is 0 Å². The first-order valence-corrected chi connectivity index (χ1v) is 6.48. The van der Waals surface area contributed by atoms with Crippen molar-refractivity contribution < 1.29 is 4.39 Å². The molecule has 0 unspecified atom stereocenters. The van der Waals surface area contributed by atoms with Gasteiger partial charge in [0, 0.05) is 10.2 Å². The fraction of sp³-hybridized carbons (Fsp3) is 0.167.